The molecule has 0 atom stereocenters. The number of hydrogen-bond donors (Lipinski definition) is 7. The molecule has 0 aliphatic heterocycles. The SMILES string of the molecule is CC(=O)O.CC(=O)O.CC(=O)O.CC(=O)O.CC(=O)O.CC(=O)O.N. The van der Waals surface area contributed by atoms with E-state index in [-0.39, 0.29) is 6.15 Å². The summed E-state index contributed by atoms with van der Waals surface area (Å²) in [5.41, 5.74) is 0. The summed E-state index contributed by atoms with van der Waals surface area (Å²) in [5.74, 6) is -5.00. The molecule has 0 radical (unpaired) electrons. The van der Waals surface area contributed by atoms with Gasteiger partial charge in [0.1, 0.15) is 0 Å². The highest BCUT2D eigenvalue weighted by molar-refractivity contribution is 5.64. The zero-order valence-corrected chi connectivity index (χ0v) is 14.8. The van der Waals surface area contributed by atoms with Crippen LogP contribution in [0.4, 0.5) is 0 Å². The number of carboxylic acids is 6. The van der Waals surface area contributed by atoms with Gasteiger partial charge in [-0.15, -0.1) is 0 Å². The Morgan fingerprint density at radius 3 is 0.360 bits per heavy atom. The molecule has 0 aliphatic carbocycles. The molecule has 13 heteroatoms. The van der Waals surface area contributed by atoms with Crippen LogP contribution in [0.1, 0.15) is 41.5 Å². The first kappa shape index (κ1) is 43.1. The molecular weight excluding hydrogens is 350 g/mol. The van der Waals surface area contributed by atoms with Gasteiger partial charge in [0.25, 0.3) is 35.8 Å². The van der Waals surface area contributed by atoms with Crippen molar-refractivity contribution in [3.8, 4) is 0 Å². The second-order valence-corrected chi connectivity index (χ2v) is 3.11. The third-order valence-corrected chi connectivity index (χ3v) is 0. The summed E-state index contributed by atoms with van der Waals surface area (Å²) in [6.45, 7) is 6.50. The van der Waals surface area contributed by atoms with Gasteiger partial charge in [-0.1, -0.05) is 0 Å². The zero-order valence-electron chi connectivity index (χ0n) is 14.8. The molecular formula is C12H27NO12. The first-order valence-electron chi connectivity index (χ1n) is 5.57. The monoisotopic (exact) mass is 377 g/mol. The van der Waals surface area contributed by atoms with Gasteiger partial charge in [-0.2, -0.15) is 0 Å². The Kier molecular flexibility index (Phi) is 64.1. The summed E-state index contributed by atoms with van der Waals surface area (Å²) in [5, 5.41) is 44.5. The van der Waals surface area contributed by atoms with Gasteiger partial charge < -0.3 is 36.8 Å². The van der Waals surface area contributed by atoms with Crippen LogP contribution < -0.4 is 6.15 Å². The summed E-state index contributed by atoms with van der Waals surface area (Å²) in [4.78, 5) is 54.0. The molecule has 0 unspecified atom stereocenters. The van der Waals surface area contributed by atoms with Gasteiger partial charge in [-0.25, -0.2) is 0 Å². The lowest BCUT2D eigenvalue weighted by Crippen LogP contribution is -1.78. The smallest absolute Gasteiger partial charge is 0.300 e. The number of carbonyl (C=O) groups is 6. The van der Waals surface area contributed by atoms with E-state index in [4.69, 9.17) is 59.4 Å². The largest absolute Gasteiger partial charge is 0.481 e. The molecule has 0 rings (SSSR count). The number of hydrogen-bond acceptors (Lipinski definition) is 7. The molecule has 0 spiro atoms. The molecule has 0 aromatic heterocycles. The van der Waals surface area contributed by atoms with E-state index in [1.807, 2.05) is 0 Å². The van der Waals surface area contributed by atoms with Gasteiger partial charge in [0, 0.05) is 41.5 Å². The summed E-state index contributed by atoms with van der Waals surface area (Å²) in [6.07, 6.45) is 0. The van der Waals surface area contributed by atoms with Gasteiger partial charge in [0.15, 0.2) is 0 Å². The van der Waals surface area contributed by atoms with Crippen molar-refractivity contribution in [1.29, 1.82) is 0 Å². The predicted molar refractivity (Wildman–Crippen MR) is 84.9 cm³/mol. The molecule has 0 saturated heterocycles. The van der Waals surface area contributed by atoms with Crippen LogP contribution in [0, 0.1) is 0 Å². The van der Waals surface area contributed by atoms with E-state index in [2.05, 4.69) is 0 Å². The maximum Gasteiger partial charge on any atom is 0.300 e. The third-order valence-electron chi connectivity index (χ3n) is 0. The highest BCUT2D eigenvalue weighted by atomic mass is 16.4. The average Bonchev–Trinajstić information content (AvgIpc) is 2.08. The van der Waals surface area contributed by atoms with E-state index in [0.717, 1.165) is 41.5 Å². The van der Waals surface area contributed by atoms with Gasteiger partial charge in [-0.3, -0.25) is 28.8 Å². The normalized spacial score (nSPS) is 6.00. The molecule has 13 nitrogen and oxygen atoms in total. The Hall–Kier alpha value is -3.22. The lowest BCUT2D eigenvalue weighted by atomic mass is 10.9. The number of carboxylic acid groups (broad SMARTS) is 6. The highest BCUT2D eigenvalue weighted by Gasteiger charge is 1.67. The van der Waals surface area contributed by atoms with Crippen LogP contribution in [0.15, 0.2) is 0 Å². The van der Waals surface area contributed by atoms with Crippen molar-refractivity contribution in [2.24, 2.45) is 0 Å². The maximum absolute atomic E-state index is 9.00. The van der Waals surface area contributed by atoms with Crippen LogP contribution in [0.2, 0.25) is 0 Å². The van der Waals surface area contributed by atoms with Crippen molar-refractivity contribution in [3.05, 3.63) is 0 Å². The fourth-order valence-corrected chi connectivity index (χ4v) is 0. The summed E-state index contributed by atoms with van der Waals surface area (Å²) in [6, 6.07) is 0. The average molecular weight is 377 g/mol. The molecule has 0 aliphatic rings. The van der Waals surface area contributed by atoms with Crippen LogP contribution >= 0.6 is 0 Å². The molecule has 0 heterocycles. The molecule has 25 heavy (non-hydrogen) atoms. The second-order valence-electron chi connectivity index (χ2n) is 3.11. The topological polar surface area (TPSA) is 259 Å². The highest BCUT2D eigenvalue weighted by Crippen LogP contribution is 1.43. The van der Waals surface area contributed by atoms with Gasteiger partial charge in [0.2, 0.25) is 0 Å². The quantitative estimate of drug-likeness (QED) is 0.307. The number of aliphatic carboxylic acids is 6. The molecule has 9 N–H and O–H groups in total. The summed E-state index contributed by atoms with van der Waals surface area (Å²) >= 11 is 0. The van der Waals surface area contributed by atoms with Gasteiger partial charge in [0.05, 0.1) is 0 Å². The standard InChI is InChI=1S/6C2H4O2.H3N/c6*1-2(3)4;/h6*1H3,(H,3,4);1H3. The Morgan fingerprint density at radius 1 is 0.360 bits per heavy atom. The van der Waals surface area contributed by atoms with Crippen LogP contribution in [-0.2, 0) is 28.8 Å². The molecule has 152 valence electrons. The van der Waals surface area contributed by atoms with E-state index >= 15 is 0 Å². The minimum Gasteiger partial charge on any atom is -0.481 e. The summed E-state index contributed by atoms with van der Waals surface area (Å²) < 4.78 is 0. The lowest BCUT2D eigenvalue weighted by Gasteiger charge is -1.59. The summed E-state index contributed by atoms with van der Waals surface area (Å²) in [7, 11) is 0. The Labute approximate surface area is 144 Å². The third kappa shape index (κ3) is 707. The molecule has 0 bridgehead atoms. The number of rotatable bonds is 0. The van der Waals surface area contributed by atoms with Crippen LogP contribution in [-0.4, -0.2) is 66.5 Å². The van der Waals surface area contributed by atoms with E-state index in [9.17, 15) is 0 Å². The van der Waals surface area contributed by atoms with Gasteiger partial charge in [-0.05, 0) is 0 Å². The molecule has 0 saturated carbocycles. The minimum atomic E-state index is -0.833. The maximum atomic E-state index is 9.00. The van der Waals surface area contributed by atoms with E-state index in [1.54, 1.807) is 0 Å². The molecule has 0 fully saturated rings. The first-order valence-corrected chi connectivity index (χ1v) is 5.57. The zero-order chi connectivity index (χ0) is 21.5. The fraction of sp³-hybridized carbons (Fsp3) is 0.500. The fourth-order valence-electron chi connectivity index (χ4n) is 0. The first-order chi connectivity index (χ1) is 10.4. The van der Waals surface area contributed by atoms with Crippen molar-refractivity contribution in [2.45, 2.75) is 41.5 Å². The van der Waals surface area contributed by atoms with Gasteiger partial charge >= 0.3 is 0 Å². The molecule has 0 aromatic carbocycles. The lowest BCUT2D eigenvalue weighted by molar-refractivity contribution is -0.135. The van der Waals surface area contributed by atoms with E-state index in [0.29, 0.717) is 0 Å². The Balaban J connectivity index is -0.0000000309. The van der Waals surface area contributed by atoms with Crippen molar-refractivity contribution in [1.82, 2.24) is 6.15 Å². The van der Waals surface area contributed by atoms with Crippen molar-refractivity contribution in [2.75, 3.05) is 0 Å². The predicted octanol–water partition coefficient (Wildman–Crippen LogP) is 0.707. The Bertz CT molecular complexity index is 261. The van der Waals surface area contributed by atoms with Crippen LogP contribution in [0.25, 0.3) is 0 Å². The Morgan fingerprint density at radius 2 is 0.360 bits per heavy atom. The molecule has 0 amide bonds. The van der Waals surface area contributed by atoms with Crippen LogP contribution in [0.5, 0.6) is 0 Å². The van der Waals surface area contributed by atoms with Crippen molar-refractivity contribution < 1.29 is 59.4 Å². The van der Waals surface area contributed by atoms with E-state index in [1.165, 1.54) is 0 Å². The van der Waals surface area contributed by atoms with E-state index < -0.39 is 35.8 Å². The molecule has 0 aromatic rings. The van der Waals surface area contributed by atoms with Crippen molar-refractivity contribution >= 4 is 35.8 Å². The minimum absolute atomic E-state index is 0. The second kappa shape index (κ2) is 37.2. The van der Waals surface area contributed by atoms with Crippen molar-refractivity contribution in [3.63, 3.8) is 0 Å². The van der Waals surface area contributed by atoms with Crippen LogP contribution in [0.3, 0.4) is 0 Å².